The number of halogens is 2. The molecule has 2 saturated heterocycles. The van der Waals surface area contributed by atoms with Crippen LogP contribution in [-0.2, 0) is 13.0 Å². The normalized spacial score (nSPS) is 25.7. The highest BCUT2D eigenvalue weighted by molar-refractivity contribution is 6.30. The van der Waals surface area contributed by atoms with Crippen LogP contribution in [0.15, 0.2) is 23.0 Å². The lowest BCUT2D eigenvalue weighted by atomic mass is 9.87. The molecule has 4 aliphatic rings. The molecule has 1 N–H and O–H groups in total. The molecule has 3 unspecified atom stereocenters. The van der Waals surface area contributed by atoms with Crippen LogP contribution in [-0.4, -0.2) is 68.0 Å². The smallest absolute Gasteiger partial charge is 0.294 e. The van der Waals surface area contributed by atoms with E-state index in [1.54, 1.807) is 6.07 Å². The van der Waals surface area contributed by atoms with E-state index in [1.807, 2.05) is 11.8 Å². The van der Waals surface area contributed by atoms with Crippen molar-refractivity contribution in [2.45, 2.75) is 76.7 Å². The highest BCUT2D eigenvalue weighted by Gasteiger charge is 2.46. The number of aromatic hydroxyl groups is 1. The van der Waals surface area contributed by atoms with Crippen molar-refractivity contribution in [3.63, 3.8) is 0 Å². The summed E-state index contributed by atoms with van der Waals surface area (Å²) < 4.78 is 15.1. The first kappa shape index (κ1) is 25.4. The molecule has 0 aliphatic carbocycles. The molecule has 1 aromatic carbocycles. The molecule has 4 aliphatic heterocycles. The first-order chi connectivity index (χ1) is 18.3. The van der Waals surface area contributed by atoms with Crippen molar-refractivity contribution < 1.29 is 19.1 Å². The van der Waals surface area contributed by atoms with Gasteiger partial charge in [-0.05, 0) is 63.1 Å². The molecule has 2 amide bonds. The summed E-state index contributed by atoms with van der Waals surface area (Å²) >= 11 is 5.92. The fourth-order valence-corrected chi connectivity index (χ4v) is 7.00. The second kappa shape index (κ2) is 9.68. The third kappa shape index (κ3) is 4.02. The van der Waals surface area contributed by atoms with Gasteiger partial charge < -0.3 is 14.9 Å². The molecule has 2 aromatic rings. The summed E-state index contributed by atoms with van der Waals surface area (Å²) in [5.74, 6) is -1.90. The van der Waals surface area contributed by atoms with Crippen LogP contribution in [0.3, 0.4) is 0 Å². The monoisotopic (exact) mass is 542 g/mol. The highest BCUT2D eigenvalue weighted by atomic mass is 35.5. The molecule has 0 saturated carbocycles. The lowest BCUT2D eigenvalue weighted by Crippen LogP contribution is -2.66. The van der Waals surface area contributed by atoms with Crippen molar-refractivity contribution in [1.82, 2.24) is 19.3 Å². The third-order valence-corrected chi connectivity index (χ3v) is 9.09. The van der Waals surface area contributed by atoms with E-state index in [4.69, 9.17) is 11.6 Å². The van der Waals surface area contributed by atoms with Crippen LogP contribution in [0.4, 0.5) is 4.39 Å². The Labute approximate surface area is 225 Å². The lowest BCUT2D eigenvalue weighted by molar-refractivity contribution is -0.0862. The van der Waals surface area contributed by atoms with Gasteiger partial charge in [-0.15, -0.1) is 0 Å². The number of hydrogen-bond donors (Lipinski definition) is 1. The number of carbonyl (C=O) groups excluding carboxylic acids is 2. The highest BCUT2D eigenvalue weighted by Crippen LogP contribution is 2.38. The third-order valence-electron chi connectivity index (χ3n) is 8.80. The minimum Gasteiger partial charge on any atom is -0.502 e. The van der Waals surface area contributed by atoms with E-state index >= 15 is 0 Å². The molecule has 2 fully saturated rings. The van der Waals surface area contributed by atoms with Crippen molar-refractivity contribution in [2.75, 3.05) is 19.6 Å². The van der Waals surface area contributed by atoms with Crippen LogP contribution in [0, 0.1) is 5.82 Å². The van der Waals surface area contributed by atoms with E-state index in [9.17, 15) is 23.9 Å². The van der Waals surface area contributed by atoms with Crippen LogP contribution in [0.25, 0.3) is 0 Å². The topological polar surface area (TPSA) is 86.1 Å². The zero-order chi connectivity index (χ0) is 26.7. The number of benzene rings is 1. The van der Waals surface area contributed by atoms with Crippen molar-refractivity contribution in [3.05, 3.63) is 61.8 Å². The predicted octanol–water partition coefficient (Wildman–Crippen LogP) is 3.93. The minimum absolute atomic E-state index is 0.00762. The van der Waals surface area contributed by atoms with E-state index < -0.39 is 23.0 Å². The first-order valence-corrected chi connectivity index (χ1v) is 13.9. The zero-order valence-electron chi connectivity index (χ0n) is 21.5. The summed E-state index contributed by atoms with van der Waals surface area (Å²) in [5, 5.41) is 11.0. The molecular weight excluding hydrogens is 511 g/mol. The van der Waals surface area contributed by atoms with Gasteiger partial charge in [0.1, 0.15) is 11.5 Å². The number of rotatable bonds is 3. The Hall–Kier alpha value is -2.91. The Morgan fingerprint density at radius 1 is 1.05 bits per heavy atom. The van der Waals surface area contributed by atoms with Gasteiger partial charge in [0.15, 0.2) is 5.75 Å². The maximum Gasteiger partial charge on any atom is 0.294 e. The van der Waals surface area contributed by atoms with Crippen molar-refractivity contribution in [3.8, 4) is 5.75 Å². The molecule has 3 atom stereocenters. The number of fused-ring (bicyclic) bond motifs is 4. The molecule has 8 nitrogen and oxygen atoms in total. The first-order valence-electron chi connectivity index (χ1n) is 13.6. The van der Waals surface area contributed by atoms with E-state index in [1.165, 1.54) is 28.0 Å². The number of piperidine rings is 1. The van der Waals surface area contributed by atoms with Crippen molar-refractivity contribution >= 4 is 23.4 Å². The maximum absolute atomic E-state index is 14.2. The summed E-state index contributed by atoms with van der Waals surface area (Å²) in [5.41, 5.74) is 0.525. The Morgan fingerprint density at radius 3 is 2.63 bits per heavy atom. The molecule has 10 heteroatoms. The molecule has 0 bridgehead atoms. The SMILES string of the molecule is CC1CCCN(C2CC3CCCCN32)C(=O)c2c3c(c(O)c(=O)n21)C(=O)N(Cc1ccc(F)c(Cl)c1)CC3. The fraction of sp³-hybridized carbons (Fsp3) is 0.536. The Bertz CT molecular complexity index is 1380. The van der Waals surface area contributed by atoms with E-state index in [0.717, 1.165) is 32.2 Å². The van der Waals surface area contributed by atoms with Crippen LogP contribution in [0.1, 0.15) is 83.5 Å². The van der Waals surface area contributed by atoms with Crippen LogP contribution in [0.5, 0.6) is 5.75 Å². The summed E-state index contributed by atoms with van der Waals surface area (Å²) in [6, 6.07) is 4.49. The summed E-state index contributed by atoms with van der Waals surface area (Å²) in [4.78, 5) is 47.1. The van der Waals surface area contributed by atoms with Gasteiger partial charge in [0, 0.05) is 43.8 Å². The number of amides is 2. The van der Waals surface area contributed by atoms with Crippen molar-refractivity contribution in [2.24, 2.45) is 0 Å². The summed E-state index contributed by atoms with van der Waals surface area (Å²) in [6.07, 6.45) is 6.20. The van der Waals surface area contributed by atoms with Gasteiger partial charge in [0.05, 0.1) is 16.8 Å². The second-order valence-corrected chi connectivity index (χ2v) is 11.5. The maximum atomic E-state index is 14.2. The zero-order valence-corrected chi connectivity index (χ0v) is 22.2. The fourth-order valence-electron chi connectivity index (χ4n) is 6.79. The summed E-state index contributed by atoms with van der Waals surface area (Å²) in [6.45, 7) is 3.90. The molecule has 38 heavy (non-hydrogen) atoms. The molecule has 0 radical (unpaired) electrons. The van der Waals surface area contributed by atoms with E-state index in [0.29, 0.717) is 43.1 Å². The van der Waals surface area contributed by atoms with Crippen LogP contribution >= 0.6 is 11.6 Å². The van der Waals surface area contributed by atoms with Crippen LogP contribution < -0.4 is 5.56 Å². The second-order valence-electron chi connectivity index (χ2n) is 11.0. The Balaban J connectivity index is 1.39. The standard InChI is InChI=1S/C28H32ClFN4O4/c1-16-5-4-11-33(22-14-18-6-2-3-10-32(18)22)27(37)24-19-9-12-31(15-17-7-8-21(30)20(29)13-17)26(36)23(19)25(35)28(38)34(16)24/h7-8,13,16,18,22,35H,2-6,9-12,14-15H2,1H3. The number of nitrogens with zero attached hydrogens (tertiary/aromatic N) is 4. The summed E-state index contributed by atoms with van der Waals surface area (Å²) in [7, 11) is 0. The lowest BCUT2D eigenvalue weighted by Gasteiger charge is -2.55. The van der Waals surface area contributed by atoms with Gasteiger partial charge in [-0.1, -0.05) is 24.1 Å². The predicted molar refractivity (Wildman–Crippen MR) is 140 cm³/mol. The quantitative estimate of drug-likeness (QED) is 0.635. The van der Waals surface area contributed by atoms with E-state index in [2.05, 4.69) is 4.90 Å². The van der Waals surface area contributed by atoms with Gasteiger partial charge in [-0.2, -0.15) is 0 Å². The van der Waals surface area contributed by atoms with Gasteiger partial charge in [0.25, 0.3) is 17.4 Å². The number of aromatic nitrogens is 1. The molecular formula is C28H32ClFN4O4. The molecule has 5 heterocycles. The van der Waals surface area contributed by atoms with Gasteiger partial charge >= 0.3 is 0 Å². The Kier molecular flexibility index (Phi) is 6.46. The minimum atomic E-state index is -0.703. The molecule has 6 rings (SSSR count). The Morgan fingerprint density at radius 2 is 1.87 bits per heavy atom. The van der Waals surface area contributed by atoms with Crippen molar-refractivity contribution in [1.29, 1.82) is 0 Å². The number of pyridine rings is 1. The average molecular weight is 543 g/mol. The molecule has 1 aromatic heterocycles. The average Bonchev–Trinajstić information content (AvgIpc) is 2.88. The van der Waals surface area contributed by atoms with Gasteiger partial charge in [-0.25, -0.2) is 4.39 Å². The number of carbonyl (C=O) groups is 2. The van der Waals surface area contributed by atoms with Gasteiger partial charge in [0.2, 0.25) is 0 Å². The van der Waals surface area contributed by atoms with Gasteiger partial charge in [-0.3, -0.25) is 23.9 Å². The van der Waals surface area contributed by atoms with Crippen LogP contribution in [0.2, 0.25) is 5.02 Å². The molecule has 202 valence electrons. The van der Waals surface area contributed by atoms with E-state index in [-0.39, 0.29) is 40.9 Å². The molecule has 0 spiro atoms. The largest absolute Gasteiger partial charge is 0.502 e. The number of hydrogen-bond acceptors (Lipinski definition) is 5.